The summed E-state index contributed by atoms with van der Waals surface area (Å²) in [5.41, 5.74) is 5.23. The third-order valence-electron chi connectivity index (χ3n) is 2.28. The number of aliphatic hydroxyl groups excluding tert-OH is 2. The van der Waals surface area contributed by atoms with Gasteiger partial charge in [-0.25, -0.2) is 0 Å². The molecule has 0 heterocycles. The van der Waals surface area contributed by atoms with Gasteiger partial charge in [0.15, 0.2) is 0 Å². The predicted octanol–water partition coefficient (Wildman–Crippen LogP) is -1.27. The Morgan fingerprint density at radius 1 is 1.07 bits per heavy atom. The van der Waals surface area contributed by atoms with Gasteiger partial charge in [0.2, 0.25) is 0 Å². The molecular formula is C7H17NO5S. The fourth-order valence-electron chi connectivity index (χ4n) is 1.43. The van der Waals surface area contributed by atoms with E-state index in [9.17, 15) is 8.42 Å². The molecule has 0 saturated carbocycles. The quantitative estimate of drug-likeness (QED) is 0.402. The molecule has 6 nitrogen and oxygen atoms in total. The minimum Gasteiger partial charge on any atom is -0.396 e. The molecule has 14 heavy (non-hydrogen) atoms. The van der Waals surface area contributed by atoms with Crippen molar-refractivity contribution in [2.45, 2.75) is 24.0 Å². The lowest BCUT2D eigenvalue weighted by molar-refractivity contribution is 0.214. The van der Waals surface area contributed by atoms with Gasteiger partial charge in [0.1, 0.15) is 4.75 Å². The molecule has 0 spiro atoms. The normalized spacial score (nSPS) is 13.1. The maximum absolute atomic E-state index is 11.1. The van der Waals surface area contributed by atoms with Gasteiger partial charge >= 0.3 is 0 Å². The lowest BCUT2D eigenvalue weighted by atomic mass is 9.97. The van der Waals surface area contributed by atoms with Gasteiger partial charge in [-0.1, -0.05) is 0 Å². The summed E-state index contributed by atoms with van der Waals surface area (Å²) < 4.78 is 29.7. The zero-order valence-electron chi connectivity index (χ0n) is 7.89. The monoisotopic (exact) mass is 227 g/mol. The van der Waals surface area contributed by atoms with Gasteiger partial charge in [-0.15, -0.1) is 0 Å². The smallest absolute Gasteiger partial charge is 0.270 e. The van der Waals surface area contributed by atoms with Gasteiger partial charge in [-0.3, -0.25) is 4.55 Å². The Morgan fingerprint density at radius 2 is 1.50 bits per heavy atom. The van der Waals surface area contributed by atoms with Gasteiger partial charge in [-0.05, 0) is 25.8 Å². The SMILES string of the molecule is NCCC(CCO)(CCO)S(=O)(=O)O. The van der Waals surface area contributed by atoms with Crippen LogP contribution in [0.4, 0.5) is 0 Å². The van der Waals surface area contributed by atoms with E-state index in [0.717, 1.165) is 0 Å². The van der Waals surface area contributed by atoms with Crippen molar-refractivity contribution in [3.63, 3.8) is 0 Å². The topological polar surface area (TPSA) is 121 Å². The molecule has 0 fully saturated rings. The van der Waals surface area contributed by atoms with Crippen molar-refractivity contribution in [2.75, 3.05) is 19.8 Å². The molecule has 0 atom stereocenters. The molecule has 0 rings (SSSR count). The highest BCUT2D eigenvalue weighted by atomic mass is 32.2. The Kier molecular flexibility index (Phi) is 5.53. The van der Waals surface area contributed by atoms with Gasteiger partial charge in [-0.2, -0.15) is 8.42 Å². The third kappa shape index (κ3) is 3.18. The van der Waals surface area contributed by atoms with Crippen LogP contribution in [0.3, 0.4) is 0 Å². The van der Waals surface area contributed by atoms with Gasteiger partial charge < -0.3 is 15.9 Å². The second-order valence-corrected chi connectivity index (χ2v) is 4.96. The predicted molar refractivity (Wildman–Crippen MR) is 51.4 cm³/mol. The molecule has 0 amide bonds. The molecule has 5 N–H and O–H groups in total. The molecule has 0 radical (unpaired) electrons. The van der Waals surface area contributed by atoms with Crippen molar-refractivity contribution in [1.82, 2.24) is 0 Å². The zero-order chi connectivity index (χ0) is 11.2. The van der Waals surface area contributed by atoms with Crippen LogP contribution in [-0.2, 0) is 10.1 Å². The van der Waals surface area contributed by atoms with Crippen LogP contribution in [0.5, 0.6) is 0 Å². The Morgan fingerprint density at radius 3 is 1.71 bits per heavy atom. The molecule has 0 bridgehead atoms. The summed E-state index contributed by atoms with van der Waals surface area (Å²) in [6, 6.07) is 0. The Hall–Kier alpha value is -0.210. The first-order valence-corrected chi connectivity index (χ1v) is 5.76. The van der Waals surface area contributed by atoms with Gasteiger partial charge in [0, 0.05) is 13.2 Å². The van der Waals surface area contributed by atoms with Crippen molar-refractivity contribution in [1.29, 1.82) is 0 Å². The first-order chi connectivity index (χ1) is 6.43. The standard InChI is InChI=1S/C7H17NO5S/c8-4-1-7(2-5-9,3-6-10)14(11,12)13/h9-10H,1-6,8H2,(H,11,12,13). The van der Waals surface area contributed by atoms with Crippen LogP contribution in [0.25, 0.3) is 0 Å². The second kappa shape index (κ2) is 5.62. The van der Waals surface area contributed by atoms with E-state index < -0.39 is 14.9 Å². The van der Waals surface area contributed by atoms with Crippen molar-refractivity contribution >= 4 is 10.1 Å². The third-order valence-corrected chi connectivity index (χ3v) is 3.99. The fourth-order valence-corrected chi connectivity index (χ4v) is 2.51. The first kappa shape index (κ1) is 13.8. The van der Waals surface area contributed by atoms with Gasteiger partial charge in [0.25, 0.3) is 10.1 Å². The molecular weight excluding hydrogens is 210 g/mol. The molecule has 0 aliphatic rings. The summed E-state index contributed by atoms with van der Waals surface area (Å²) in [6.45, 7) is -0.681. The summed E-state index contributed by atoms with van der Waals surface area (Å²) in [5, 5.41) is 17.4. The van der Waals surface area contributed by atoms with Gasteiger partial charge in [0.05, 0.1) is 0 Å². The molecule has 0 saturated heterocycles. The Labute approximate surface area is 83.5 Å². The Balaban J connectivity index is 4.93. The van der Waals surface area contributed by atoms with Crippen LogP contribution in [-0.4, -0.2) is 47.7 Å². The summed E-state index contributed by atoms with van der Waals surface area (Å²) in [6.07, 6.45) is -0.222. The van der Waals surface area contributed by atoms with E-state index >= 15 is 0 Å². The van der Waals surface area contributed by atoms with Crippen LogP contribution in [0, 0.1) is 0 Å². The van der Waals surface area contributed by atoms with Crippen LogP contribution < -0.4 is 5.73 Å². The van der Waals surface area contributed by atoms with Crippen LogP contribution >= 0.6 is 0 Å². The fraction of sp³-hybridized carbons (Fsp3) is 1.00. The molecule has 0 aromatic carbocycles. The lowest BCUT2D eigenvalue weighted by Crippen LogP contribution is -2.42. The first-order valence-electron chi connectivity index (χ1n) is 4.32. The molecule has 0 unspecified atom stereocenters. The average molecular weight is 227 g/mol. The largest absolute Gasteiger partial charge is 0.396 e. The van der Waals surface area contributed by atoms with Crippen LogP contribution in [0.15, 0.2) is 0 Å². The molecule has 0 aromatic rings. The maximum Gasteiger partial charge on any atom is 0.270 e. The minimum absolute atomic E-state index is 0.0208. The molecule has 0 aromatic heterocycles. The second-order valence-electron chi connectivity index (χ2n) is 3.14. The summed E-state index contributed by atoms with van der Waals surface area (Å²) in [4.78, 5) is 0. The van der Waals surface area contributed by atoms with E-state index in [0.29, 0.717) is 0 Å². The van der Waals surface area contributed by atoms with Crippen LogP contribution in [0.2, 0.25) is 0 Å². The van der Waals surface area contributed by atoms with E-state index in [4.69, 9.17) is 20.5 Å². The van der Waals surface area contributed by atoms with Crippen molar-refractivity contribution in [2.24, 2.45) is 5.73 Å². The zero-order valence-corrected chi connectivity index (χ0v) is 8.70. The summed E-state index contributed by atoms with van der Waals surface area (Å²) in [7, 11) is -4.31. The molecule has 0 aliphatic carbocycles. The van der Waals surface area contributed by atoms with E-state index in [-0.39, 0.29) is 39.0 Å². The number of nitrogens with two attached hydrogens (primary N) is 1. The molecule has 86 valence electrons. The number of hydrogen-bond acceptors (Lipinski definition) is 5. The highest BCUT2D eigenvalue weighted by Gasteiger charge is 2.41. The number of rotatable bonds is 7. The van der Waals surface area contributed by atoms with E-state index in [1.165, 1.54) is 0 Å². The Bertz CT molecular complexity index is 234. The van der Waals surface area contributed by atoms with E-state index in [2.05, 4.69) is 0 Å². The summed E-state index contributed by atoms with van der Waals surface area (Å²) >= 11 is 0. The summed E-state index contributed by atoms with van der Waals surface area (Å²) in [5.74, 6) is 0. The van der Waals surface area contributed by atoms with Crippen molar-refractivity contribution in [3.8, 4) is 0 Å². The van der Waals surface area contributed by atoms with Crippen LogP contribution in [0.1, 0.15) is 19.3 Å². The van der Waals surface area contributed by atoms with Crippen molar-refractivity contribution in [3.05, 3.63) is 0 Å². The highest BCUT2D eigenvalue weighted by Crippen LogP contribution is 2.28. The van der Waals surface area contributed by atoms with E-state index in [1.54, 1.807) is 0 Å². The van der Waals surface area contributed by atoms with Crippen molar-refractivity contribution < 1.29 is 23.2 Å². The lowest BCUT2D eigenvalue weighted by Gasteiger charge is -2.28. The minimum atomic E-state index is -4.31. The number of aliphatic hydroxyl groups is 2. The number of hydrogen-bond donors (Lipinski definition) is 4. The van der Waals surface area contributed by atoms with E-state index in [1.807, 2.05) is 0 Å². The molecule has 0 aliphatic heterocycles. The highest BCUT2D eigenvalue weighted by molar-refractivity contribution is 7.87. The average Bonchev–Trinajstić information content (AvgIpc) is 2.03. The maximum atomic E-state index is 11.1. The molecule has 7 heteroatoms.